The van der Waals surface area contributed by atoms with Crippen LogP contribution in [0.2, 0.25) is 25.7 Å². The van der Waals surface area contributed by atoms with Crippen LogP contribution in [0.5, 0.6) is 0 Å². The molecular weight excluding hydrogens is 416 g/mol. The fourth-order valence-corrected chi connectivity index (χ4v) is 1.22. The van der Waals surface area contributed by atoms with Gasteiger partial charge in [0.15, 0.2) is 0 Å². The van der Waals surface area contributed by atoms with E-state index in [1.807, 2.05) is 0 Å². The molecule has 0 rings (SSSR count). The Hall–Kier alpha value is 1.17. The van der Waals surface area contributed by atoms with Crippen LogP contribution in [-0.2, 0) is 4.74 Å². The molecule has 0 heterocycles. The van der Waals surface area contributed by atoms with Gasteiger partial charge in [-0.3, -0.25) is 0 Å². The van der Waals surface area contributed by atoms with Gasteiger partial charge in [-0.25, -0.2) is 0 Å². The first-order valence-electron chi connectivity index (χ1n) is 5.67. The van der Waals surface area contributed by atoms with Gasteiger partial charge in [-0.05, 0) is 6.04 Å². The summed E-state index contributed by atoms with van der Waals surface area (Å²) in [6.07, 6.45) is 0. The summed E-state index contributed by atoms with van der Waals surface area (Å²) in [5, 5.41) is 0. The van der Waals surface area contributed by atoms with Crippen LogP contribution in [0.1, 0.15) is 0 Å². The molecule has 0 N–H and O–H groups in total. The minimum atomic E-state index is -6.00. The summed E-state index contributed by atoms with van der Waals surface area (Å²) in [5.74, 6) is 0. The SMILES string of the molecule is COCC[Si](C)(C)C.F[B-](F)(F)F.F[B-](F)(F)F.F[B-](F)(F)F.[KH]. The fraction of sp³-hybridized carbons (Fsp3) is 1.00. The van der Waals surface area contributed by atoms with Crippen LogP contribution < -0.4 is 0 Å². The monoisotopic (exact) mass is 433 g/mol. The molecule has 148 valence electrons. The second kappa shape index (κ2) is 16.3. The first-order chi connectivity index (χ1) is 9.56. The second-order valence-corrected chi connectivity index (χ2v) is 10.4. The maximum absolute atomic E-state index is 9.75. The number of ether oxygens (including phenoxy) is 1. The number of hydrogen-bond donors (Lipinski definition) is 0. The molecule has 0 aromatic heterocycles. The summed E-state index contributed by atoms with van der Waals surface area (Å²) in [7, 11) is -17.0. The van der Waals surface area contributed by atoms with Crippen LogP contribution in [0.4, 0.5) is 51.8 Å². The predicted molar refractivity (Wildman–Crippen MR) is 77.7 cm³/mol. The van der Waals surface area contributed by atoms with Gasteiger partial charge in [0, 0.05) is 21.8 Å². The van der Waals surface area contributed by atoms with Crippen molar-refractivity contribution in [2.75, 3.05) is 13.7 Å². The van der Waals surface area contributed by atoms with E-state index in [2.05, 4.69) is 19.6 Å². The van der Waals surface area contributed by atoms with Gasteiger partial charge in [0.05, 0.1) is 0 Å². The molecular formula is C6H17B3F12KOSi-3. The first kappa shape index (κ1) is 36.1. The number of halogens is 12. The summed E-state index contributed by atoms with van der Waals surface area (Å²) in [4.78, 5) is 0. The van der Waals surface area contributed by atoms with E-state index in [-0.39, 0.29) is 51.4 Å². The number of rotatable bonds is 3. The molecule has 0 atom stereocenters. The molecule has 0 aliphatic carbocycles. The molecule has 0 saturated heterocycles. The number of hydrogen-bond acceptors (Lipinski definition) is 1. The topological polar surface area (TPSA) is 9.23 Å². The Balaban J connectivity index is -0.0000000677. The average Bonchev–Trinajstić information content (AvgIpc) is 2.04. The maximum atomic E-state index is 9.75. The van der Waals surface area contributed by atoms with E-state index >= 15 is 0 Å². The van der Waals surface area contributed by atoms with Crippen molar-refractivity contribution in [3.63, 3.8) is 0 Å². The van der Waals surface area contributed by atoms with E-state index in [1.54, 1.807) is 7.11 Å². The van der Waals surface area contributed by atoms with E-state index < -0.39 is 29.8 Å². The summed E-state index contributed by atoms with van der Waals surface area (Å²) in [6, 6.07) is 1.28. The minimum absolute atomic E-state index is 0. The molecule has 0 unspecified atom stereocenters. The summed E-state index contributed by atoms with van der Waals surface area (Å²) in [6.45, 7) is 8.00. The third kappa shape index (κ3) is 299. The van der Waals surface area contributed by atoms with Gasteiger partial charge in [0.2, 0.25) is 0 Å². The van der Waals surface area contributed by atoms with Crippen LogP contribution >= 0.6 is 0 Å². The Morgan fingerprint density at radius 1 is 0.625 bits per heavy atom. The Bertz CT molecular complexity index is 219. The second-order valence-electron chi connectivity index (χ2n) is 4.79. The average molecular weight is 433 g/mol. The van der Waals surface area contributed by atoms with E-state index in [1.165, 1.54) is 6.04 Å². The molecule has 24 heavy (non-hydrogen) atoms. The fourth-order valence-electron chi connectivity index (χ4n) is 0.408. The van der Waals surface area contributed by atoms with Gasteiger partial charge in [0.1, 0.15) is 0 Å². The summed E-state index contributed by atoms with van der Waals surface area (Å²) < 4.78 is 122. The summed E-state index contributed by atoms with van der Waals surface area (Å²) >= 11 is 0. The van der Waals surface area contributed by atoms with Crippen molar-refractivity contribution in [3.05, 3.63) is 0 Å². The van der Waals surface area contributed by atoms with E-state index in [0.29, 0.717) is 0 Å². The van der Waals surface area contributed by atoms with Gasteiger partial charge < -0.3 is 56.5 Å². The molecule has 0 aromatic carbocycles. The normalized spacial score (nSPS) is 11.5. The van der Waals surface area contributed by atoms with Gasteiger partial charge in [-0.15, -0.1) is 0 Å². The third-order valence-electron chi connectivity index (χ3n) is 1.06. The van der Waals surface area contributed by atoms with Gasteiger partial charge in [-0.1, -0.05) is 19.6 Å². The van der Waals surface area contributed by atoms with Gasteiger partial charge >= 0.3 is 73.1 Å². The van der Waals surface area contributed by atoms with Crippen molar-refractivity contribution in [1.82, 2.24) is 0 Å². The van der Waals surface area contributed by atoms with Crippen molar-refractivity contribution in [3.8, 4) is 0 Å². The van der Waals surface area contributed by atoms with Crippen LogP contribution in [0, 0.1) is 0 Å². The molecule has 0 fully saturated rings. The molecule has 1 nitrogen and oxygen atoms in total. The van der Waals surface area contributed by atoms with Crippen molar-refractivity contribution >= 4 is 81.2 Å². The van der Waals surface area contributed by atoms with Gasteiger partial charge in [-0.2, -0.15) is 0 Å². The quantitative estimate of drug-likeness (QED) is 0.439. The molecule has 0 bridgehead atoms. The van der Waals surface area contributed by atoms with Gasteiger partial charge in [0.25, 0.3) is 0 Å². The summed E-state index contributed by atoms with van der Waals surface area (Å²) in [5.41, 5.74) is 0. The molecule has 0 spiro atoms. The molecule has 18 heteroatoms. The zero-order chi connectivity index (χ0) is 20.1. The molecule has 0 amide bonds. The predicted octanol–water partition coefficient (Wildman–Crippen LogP) is 5.22. The molecule has 0 saturated carbocycles. The molecule has 0 aliphatic heterocycles. The Labute approximate surface area is 176 Å². The van der Waals surface area contributed by atoms with E-state index in [9.17, 15) is 51.8 Å². The van der Waals surface area contributed by atoms with Crippen molar-refractivity contribution < 1.29 is 56.5 Å². The number of methoxy groups -OCH3 is 1. The Morgan fingerprint density at radius 2 is 0.792 bits per heavy atom. The zero-order valence-corrected chi connectivity index (χ0v) is 13.6. The van der Waals surface area contributed by atoms with Crippen LogP contribution in [0.15, 0.2) is 0 Å². The molecule has 0 aromatic rings. The van der Waals surface area contributed by atoms with E-state index in [4.69, 9.17) is 4.74 Å². The zero-order valence-electron chi connectivity index (χ0n) is 12.6. The van der Waals surface area contributed by atoms with Crippen LogP contribution in [0.3, 0.4) is 0 Å². The van der Waals surface area contributed by atoms with Crippen molar-refractivity contribution in [2.24, 2.45) is 0 Å². The van der Waals surface area contributed by atoms with E-state index in [0.717, 1.165) is 6.61 Å². The molecule has 0 aliphatic rings. The van der Waals surface area contributed by atoms with Crippen molar-refractivity contribution in [2.45, 2.75) is 25.7 Å². The Morgan fingerprint density at radius 3 is 0.833 bits per heavy atom. The molecule has 0 radical (unpaired) electrons. The van der Waals surface area contributed by atoms with Crippen LogP contribution in [0.25, 0.3) is 0 Å². The Kier molecular flexibility index (Phi) is 24.6. The van der Waals surface area contributed by atoms with Crippen molar-refractivity contribution in [1.29, 1.82) is 0 Å². The first-order valence-corrected chi connectivity index (χ1v) is 9.38. The third-order valence-corrected chi connectivity index (χ3v) is 2.76. The van der Waals surface area contributed by atoms with Crippen LogP contribution in [-0.4, -0.2) is 94.9 Å². The standard InChI is InChI=1S/C6H16OSi.3BF4.K.H/c1-7-5-6-8(2,3)4;3*2-1(3,4)5;;/h5-6H2,1-4H3;;;;;/q;3*-1;;.